The van der Waals surface area contributed by atoms with Gasteiger partial charge in [-0.05, 0) is 42.3 Å². The van der Waals surface area contributed by atoms with Crippen molar-refractivity contribution in [3.05, 3.63) is 77.3 Å². The van der Waals surface area contributed by atoms with E-state index in [0.29, 0.717) is 34.6 Å². The summed E-state index contributed by atoms with van der Waals surface area (Å²) in [5.74, 6) is -0.617. The van der Waals surface area contributed by atoms with Gasteiger partial charge in [0.05, 0.1) is 30.4 Å². The number of anilines is 3. The number of carbonyl (C=O) groups excluding carboxylic acids is 2. The lowest BCUT2D eigenvalue weighted by atomic mass is 10.1. The first kappa shape index (κ1) is 27.6. The number of methoxy groups -OCH3 is 2. The molecule has 0 saturated heterocycles. The predicted molar refractivity (Wildman–Crippen MR) is 145 cm³/mol. The fourth-order valence-electron chi connectivity index (χ4n) is 3.72. The Hall–Kier alpha value is -4.48. The summed E-state index contributed by atoms with van der Waals surface area (Å²) in [4.78, 5) is 32.5. The maximum atomic E-state index is 14.4. The van der Waals surface area contributed by atoms with Crippen LogP contribution in [0, 0.1) is 5.82 Å². The average Bonchev–Trinajstić information content (AvgIpc) is 2.94. The molecule has 0 unspecified atom stereocenters. The van der Waals surface area contributed by atoms with Gasteiger partial charge in [0.25, 0.3) is 5.91 Å². The SMILES string of the molecule is COC(=O)[C@@H](N)Cc1ccc(NC(=O)COc2cc3c(Nc4cccc(Cl)c4F)ncnc3cc2OC)cc1. The number of carbonyl (C=O) groups is 2. The van der Waals surface area contributed by atoms with Gasteiger partial charge in [-0.1, -0.05) is 29.8 Å². The van der Waals surface area contributed by atoms with Crippen LogP contribution < -0.4 is 25.8 Å². The van der Waals surface area contributed by atoms with E-state index in [-0.39, 0.29) is 23.1 Å². The summed E-state index contributed by atoms with van der Waals surface area (Å²) in [6.45, 7) is -0.323. The van der Waals surface area contributed by atoms with Crippen molar-refractivity contribution < 1.29 is 28.2 Å². The number of rotatable bonds is 10. The van der Waals surface area contributed by atoms with Crippen LogP contribution in [-0.4, -0.2) is 48.7 Å². The first-order chi connectivity index (χ1) is 18.8. The topological polar surface area (TPSA) is 138 Å². The number of nitrogens with one attached hydrogen (secondary N) is 2. The standard InChI is InChI=1S/C27H25ClFN5O5/c1-37-22-12-21-17(26(32-14-31-21)34-20-5-3-4-18(28)25(20)29)11-23(22)39-13-24(35)33-16-8-6-15(7-9-16)10-19(30)27(36)38-2/h3-9,11-12,14,19H,10,13,30H2,1-2H3,(H,33,35)(H,31,32,34)/t19-/m0/s1. The summed E-state index contributed by atoms with van der Waals surface area (Å²) in [5, 5.41) is 6.14. The van der Waals surface area contributed by atoms with Crippen LogP contribution in [-0.2, 0) is 20.7 Å². The smallest absolute Gasteiger partial charge is 0.322 e. The van der Waals surface area contributed by atoms with E-state index in [1.807, 2.05) is 0 Å². The molecule has 4 rings (SSSR count). The minimum Gasteiger partial charge on any atom is -0.493 e. The maximum Gasteiger partial charge on any atom is 0.322 e. The molecule has 1 amide bonds. The van der Waals surface area contributed by atoms with E-state index in [1.165, 1.54) is 32.7 Å². The van der Waals surface area contributed by atoms with Crippen LogP contribution in [0.2, 0.25) is 5.02 Å². The van der Waals surface area contributed by atoms with E-state index in [2.05, 4.69) is 25.3 Å². The highest BCUT2D eigenvalue weighted by molar-refractivity contribution is 6.31. The zero-order valence-corrected chi connectivity index (χ0v) is 21.8. The number of ether oxygens (including phenoxy) is 3. The summed E-state index contributed by atoms with van der Waals surface area (Å²) >= 11 is 5.89. The van der Waals surface area contributed by atoms with Crippen LogP contribution >= 0.6 is 11.6 Å². The Morgan fingerprint density at radius 1 is 1.08 bits per heavy atom. The first-order valence-corrected chi connectivity index (χ1v) is 12.1. The third-order valence-electron chi connectivity index (χ3n) is 5.68. The van der Waals surface area contributed by atoms with Crippen molar-refractivity contribution >= 4 is 51.6 Å². The molecule has 0 aliphatic carbocycles. The molecule has 12 heteroatoms. The summed E-state index contributed by atoms with van der Waals surface area (Å²) in [5.41, 5.74) is 7.78. The van der Waals surface area contributed by atoms with Gasteiger partial charge < -0.3 is 30.6 Å². The van der Waals surface area contributed by atoms with Gasteiger partial charge >= 0.3 is 5.97 Å². The molecular weight excluding hydrogens is 529 g/mol. The van der Waals surface area contributed by atoms with E-state index < -0.39 is 23.7 Å². The molecule has 1 heterocycles. The third-order valence-corrected chi connectivity index (χ3v) is 5.97. The Kier molecular flexibility index (Phi) is 8.74. The number of nitrogens with two attached hydrogens (primary N) is 1. The van der Waals surface area contributed by atoms with Crippen molar-refractivity contribution in [1.29, 1.82) is 0 Å². The van der Waals surface area contributed by atoms with Gasteiger partial charge in [-0.25, -0.2) is 14.4 Å². The van der Waals surface area contributed by atoms with Gasteiger partial charge in [0.1, 0.15) is 18.2 Å². The summed E-state index contributed by atoms with van der Waals surface area (Å²) in [6, 6.07) is 13.9. The Morgan fingerprint density at radius 2 is 1.85 bits per heavy atom. The minimum atomic E-state index is -0.772. The number of hydrogen-bond acceptors (Lipinski definition) is 9. The molecular formula is C27H25ClFN5O5. The Bertz CT molecular complexity index is 1500. The second kappa shape index (κ2) is 12.4. The Morgan fingerprint density at radius 3 is 2.56 bits per heavy atom. The van der Waals surface area contributed by atoms with Crippen LogP contribution in [0.5, 0.6) is 11.5 Å². The lowest BCUT2D eigenvalue weighted by Gasteiger charge is -2.14. The molecule has 0 radical (unpaired) electrons. The number of hydrogen-bond donors (Lipinski definition) is 3. The molecule has 0 aliphatic heterocycles. The molecule has 202 valence electrons. The van der Waals surface area contributed by atoms with Crippen LogP contribution in [0.15, 0.2) is 60.9 Å². The number of esters is 1. The van der Waals surface area contributed by atoms with E-state index in [9.17, 15) is 14.0 Å². The van der Waals surface area contributed by atoms with Crippen LogP contribution in [0.25, 0.3) is 10.9 Å². The van der Waals surface area contributed by atoms with E-state index in [1.54, 1.807) is 42.5 Å². The second-order valence-electron chi connectivity index (χ2n) is 8.34. The number of aromatic nitrogens is 2. The average molecular weight is 554 g/mol. The summed E-state index contributed by atoms with van der Waals surface area (Å²) in [7, 11) is 2.74. The van der Waals surface area contributed by atoms with Gasteiger partial charge in [-0.15, -0.1) is 0 Å². The lowest BCUT2D eigenvalue weighted by molar-refractivity contribution is -0.142. The van der Waals surface area contributed by atoms with Crippen LogP contribution in [0.4, 0.5) is 21.6 Å². The Labute approximate surface area is 228 Å². The predicted octanol–water partition coefficient (Wildman–Crippen LogP) is 4.23. The molecule has 1 aromatic heterocycles. The third kappa shape index (κ3) is 6.70. The molecule has 0 bridgehead atoms. The number of nitrogens with zero attached hydrogens (tertiary/aromatic N) is 2. The van der Waals surface area contributed by atoms with Gasteiger partial charge in [-0.2, -0.15) is 0 Å². The monoisotopic (exact) mass is 553 g/mol. The van der Waals surface area contributed by atoms with Crippen molar-refractivity contribution in [2.45, 2.75) is 12.5 Å². The molecule has 0 fully saturated rings. The number of benzene rings is 3. The highest BCUT2D eigenvalue weighted by Gasteiger charge is 2.16. The quantitative estimate of drug-likeness (QED) is 0.246. The molecule has 0 spiro atoms. The van der Waals surface area contributed by atoms with Gasteiger partial charge in [0.15, 0.2) is 23.9 Å². The van der Waals surface area contributed by atoms with E-state index in [4.69, 9.17) is 26.8 Å². The number of fused-ring (bicyclic) bond motifs is 1. The van der Waals surface area contributed by atoms with Crippen LogP contribution in [0.3, 0.4) is 0 Å². The van der Waals surface area contributed by atoms with Crippen molar-refractivity contribution in [3.8, 4) is 11.5 Å². The second-order valence-corrected chi connectivity index (χ2v) is 8.74. The highest BCUT2D eigenvalue weighted by atomic mass is 35.5. The zero-order valence-electron chi connectivity index (χ0n) is 21.0. The molecule has 4 N–H and O–H groups in total. The largest absolute Gasteiger partial charge is 0.493 e. The van der Waals surface area contributed by atoms with E-state index in [0.717, 1.165) is 5.56 Å². The molecule has 1 atom stereocenters. The lowest BCUT2D eigenvalue weighted by Crippen LogP contribution is -2.33. The summed E-state index contributed by atoms with van der Waals surface area (Å²) < 4.78 is 30.2. The maximum absolute atomic E-state index is 14.4. The first-order valence-electron chi connectivity index (χ1n) is 11.7. The molecule has 39 heavy (non-hydrogen) atoms. The fourth-order valence-corrected chi connectivity index (χ4v) is 3.89. The van der Waals surface area contributed by atoms with E-state index >= 15 is 0 Å². The fraction of sp³-hybridized carbons (Fsp3) is 0.185. The van der Waals surface area contributed by atoms with Crippen LogP contribution in [0.1, 0.15) is 5.56 Å². The van der Waals surface area contributed by atoms with Gasteiger partial charge in [0.2, 0.25) is 0 Å². The highest BCUT2D eigenvalue weighted by Crippen LogP contribution is 2.35. The number of amides is 1. The van der Waals surface area contributed by atoms with Crippen molar-refractivity contribution in [3.63, 3.8) is 0 Å². The number of halogens is 2. The Balaban J connectivity index is 1.46. The molecule has 10 nitrogen and oxygen atoms in total. The van der Waals surface area contributed by atoms with Gasteiger partial charge in [-0.3, -0.25) is 9.59 Å². The van der Waals surface area contributed by atoms with Crippen molar-refractivity contribution in [2.75, 3.05) is 31.5 Å². The van der Waals surface area contributed by atoms with Crippen molar-refractivity contribution in [1.82, 2.24) is 9.97 Å². The van der Waals surface area contributed by atoms with Crippen molar-refractivity contribution in [2.24, 2.45) is 5.73 Å². The zero-order chi connectivity index (χ0) is 27.9. The summed E-state index contributed by atoms with van der Waals surface area (Å²) in [6.07, 6.45) is 1.63. The van der Waals surface area contributed by atoms with Gasteiger partial charge in [0, 0.05) is 17.1 Å². The molecule has 0 saturated carbocycles. The normalized spacial score (nSPS) is 11.5. The molecule has 0 aliphatic rings. The minimum absolute atomic E-state index is 0.0329. The molecule has 3 aromatic carbocycles. The molecule has 4 aromatic rings.